The number of piperazine rings is 1. The standard InChI is InChI=1S/C22H23N5O2/c1-15-4-2-3-5-18(15)22(28)27-12-10-26(11-13-27)19-9-8-17(14-23-19)20-24-21(29-25-20)16-6-7-16/h2-5,8-9,14,16H,6-7,10-13H2,1H3. The van der Waals surface area contributed by atoms with E-state index in [2.05, 4.69) is 20.0 Å². The number of carbonyl (C=O) groups excluding carboxylic acids is 1. The number of hydrogen-bond acceptors (Lipinski definition) is 6. The number of hydrogen-bond donors (Lipinski definition) is 0. The number of carbonyl (C=O) groups is 1. The van der Waals surface area contributed by atoms with Gasteiger partial charge in [-0.3, -0.25) is 4.79 Å². The smallest absolute Gasteiger partial charge is 0.254 e. The van der Waals surface area contributed by atoms with Crippen LogP contribution in [-0.2, 0) is 0 Å². The molecule has 1 aromatic carbocycles. The zero-order valence-electron chi connectivity index (χ0n) is 16.4. The molecule has 2 aliphatic rings. The van der Waals surface area contributed by atoms with Crippen LogP contribution in [0.1, 0.15) is 40.6 Å². The largest absolute Gasteiger partial charge is 0.353 e. The number of aromatic nitrogens is 3. The van der Waals surface area contributed by atoms with Gasteiger partial charge in [-0.1, -0.05) is 23.4 Å². The number of nitrogens with zero attached hydrogens (tertiary/aromatic N) is 5. The molecule has 3 aromatic rings. The van der Waals surface area contributed by atoms with E-state index >= 15 is 0 Å². The minimum atomic E-state index is 0.106. The summed E-state index contributed by atoms with van der Waals surface area (Å²) in [5.41, 5.74) is 2.66. The molecule has 0 N–H and O–H groups in total. The molecule has 29 heavy (non-hydrogen) atoms. The van der Waals surface area contributed by atoms with Crippen molar-refractivity contribution in [3.63, 3.8) is 0 Å². The van der Waals surface area contributed by atoms with Crippen molar-refractivity contribution < 1.29 is 9.32 Å². The summed E-state index contributed by atoms with van der Waals surface area (Å²) in [4.78, 5) is 26.0. The van der Waals surface area contributed by atoms with Gasteiger partial charge in [0.25, 0.3) is 5.91 Å². The molecule has 7 nitrogen and oxygen atoms in total. The number of benzene rings is 1. The molecule has 1 aliphatic heterocycles. The molecule has 148 valence electrons. The molecular formula is C22H23N5O2. The van der Waals surface area contributed by atoms with Crippen LogP contribution in [0.2, 0.25) is 0 Å². The van der Waals surface area contributed by atoms with Crippen LogP contribution in [0.3, 0.4) is 0 Å². The van der Waals surface area contributed by atoms with E-state index in [1.165, 1.54) is 0 Å². The van der Waals surface area contributed by atoms with Crippen molar-refractivity contribution in [2.45, 2.75) is 25.7 Å². The lowest BCUT2D eigenvalue weighted by Gasteiger charge is -2.35. The Morgan fingerprint density at radius 1 is 1.07 bits per heavy atom. The predicted molar refractivity (Wildman–Crippen MR) is 109 cm³/mol. The molecule has 5 rings (SSSR count). The van der Waals surface area contributed by atoms with Gasteiger partial charge in [0.2, 0.25) is 11.7 Å². The van der Waals surface area contributed by atoms with Crippen LogP contribution in [0, 0.1) is 6.92 Å². The fraction of sp³-hybridized carbons (Fsp3) is 0.364. The molecule has 1 amide bonds. The van der Waals surface area contributed by atoms with Crippen molar-refractivity contribution in [2.24, 2.45) is 0 Å². The van der Waals surface area contributed by atoms with Crippen molar-refractivity contribution in [2.75, 3.05) is 31.1 Å². The van der Waals surface area contributed by atoms with E-state index in [0.717, 1.165) is 54.3 Å². The van der Waals surface area contributed by atoms with Crippen LogP contribution in [-0.4, -0.2) is 52.1 Å². The molecule has 1 saturated heterocycles. The quantitative estimate of drug-likeness (QED) is 0.682. The lowest BCUT2D eigenvalue weighted by Crippen LogP contribution is -2.49. The van der Waals surface area contributed by atoms with Crippen molar-refractivity contribution in [3.05, 3.63) is 59.6 Å². The number of aryl methyl sites for hydroxylation is 1. The van der Waals surface area contributed by atoms with Gasteiger partial charge in [-0.2, -0.15) is 4.98 Å². The monoisotopic (exact) mass is 389 g/mol. The SMILES string of the molecule is Cc1ccccc1C(=O)N1CCN(c2ccc(-c3noc(C4CC4)n3)cn2)CC1. The van der Waals surface area contributed by atoms with Gasteiger partial charge in [-0.05, 0) is 43.5 Å². The van der Waals surface area contributed by atoms with Gasteiger partial charge in [0, 0.05) is 49.4 Å². The molecule has 2 fully saturated rings. The first-order chi connectivity index (χ1) is 14.2. The van der Waals surface area contributed by atoms with Crippen molar-refractivity contribution in [1.29, 1.82) is 0 Å². The maximum Gasteiger partial charge on any atom is 0.254 e. The van der Waals surface area contributed by atoms with Gasteiger partial charge in [-0.25, -0.2) is 4.98 Å². The van der Waals surface area contributed by atoms with E-state index in [-0.39, 0.29) is 5.91 Å². The molecule has 3 heterocycles. The van der Waals surface area contributed by atoms with Crippen LogP contribution < -0.4 is 4.90 Å². The highest BCUT2D eigenvalue weighted by molar-refractivity contribution is 5.95. The van der Waals surface area contributed by atoms with Gasteiger partial charge < -0.3 is 14.3 Å². The van der Waals surface area contributed by atoms with Crippen LogP contribution in [0.5, 0.6) is 0 Å². The fourth-order valence-electron chi connectivity index (χ4n) is 3.68. The molecule has 0 bridgehead atoms. The van der Waals surface area contributed by atoms with Crippen LogP contribution >= 0.6 is 0 Å². The summed E-state index contributed by atoms with van der Waals surface area (Å²) in [6.45, 7) is 4.88. The van der Waals surface area contributed by atoms with Crippen LogP contribution in [0.4, 0.5) is 5.82 Å². The van der Waals surface area contributed by atoms with Crippen molar-refractivity contribution in [3.8, 4) is 11.4 Å². The molecule has 7 heteroatoms. The third kappa shape index (κ3) is 3.60. The average molecular weight is 389 g/mol. The zero-order valence-corrected chi connectivity index (χ0v) is 16.4. The minimum Gasteiger partial charge on any atom is -0.353 e. The summed E-state index contributed by atoms with van der Waals surface area (Å²) in [6.07, 6.45) is 4.07. The number of amides is 1. The second-order valence-corrected chi connectivity index (χ2v) is 7.73. The molecule has 0 unspecified atom stereocenters. The molecule has 0 atom stereocenters. The third-order valence-corrected chi connectivity index (χ3v) is 5.64. The summed E-state index contributed by atoms with van der Waals surface area (Å²) in [5.74, 6) is 2.79. The number of anilines is 1. The maximum absolute atomic E-state index is 12.8. The highest BCUT2D eigenvalue weighted by atomic mass is 16.5. The third-order valence-electron chi connectivity index (χ3n) is 5.64. The van der Waals surface area contributed by atoms with E-state index in [1.807, 2.05) is 48.2 Å². The molecule has 1 aliphatic carbocycles. The summed E-state index contributed by atoms with van der Waals surface area (Å²) in [5, 5.41) is 4.07. The molecule has 1 saturated carbocycles. The Balaban J connectivity index is 1.22. The molecule has 2 aromatic heterocycles. The lowest BCUT2D eigenvalue weighted by atomic mass is 10.1. The Hall–Kier alpha value is -3.22. The number of pyridine rings is 1. The van der Waals surface area contributed by atoms with Gasteiger partial charge in [0.1, 0.15) is 5.82 Å². The van der Waals surface area contributed by atoms with Crippen LogP contribution in [0.25, 0.3) is 11.4 Å². The van der Waals surface area contributed by atoms with Crippen LogP contribution in [0.15, 0.2) is 47.1 Å². The Bertz CT molecular complexity index is 1020. The minimum absolute atomic E-state index is 0.106. The van der Waals surface area contributed by atoms with Gasteiger partial charge in [0.05, 0.1) is 0 Å². The van der Waals surface area contributed by atoms with Gasteiger partial charge in [-0.15, -0.1) is 0 Å². The predicted octanol–water partition coefficient (Wildman–Crippen LogP) is 3.28. The first-order valence-electron chi connectivity index (χ1n) is 10.1. The van der Waals surface area contributed by atoms with E-state index in [4.69, 9.17) is 4.52 Å². The van der Waals surface area contributed by atoms with E-state index in [0.29, 0.717) is 24.8 Å². The Morgan fingerprint density at radius 2 is 1.86 bits per heavy atom. The van der Waals surface area contributed by atoms with Gasteiger partial charge >= 0.3 is 0 Å². The first-order valence-corrected chi connectivity index (χ1v) is 10.1. The molecule has 0 spiro atoms. The molecule has 0 radical (unpaired) electrons. The van der Waals surface area contributed by atoms with Crippen molar-refractivity contribution >= 4 is 11.7 Å². The first kappa shape index (κ1) is 17.8. The van der Waals surface area contributed by atoms with E-state index in [9.17, 15) is 4.79 Å². The number of rotatable bonds is 4. The Morgan fingerprint density at radius 3 is 2.55 bits per heavy atom. The second kappa shape index (κ2) is 7.31. The van der Waals surface area contributed by atoms with E-state index in [1.54, 1.807) is 6.20 Å². The van der Waals surface area contributed by atoms with Crippen molar-refractivity contribution in [1.82, 2.24) is 20.0 Å². The van der Waals surface area contributed by atoms with E-state index < -0.39 is 0 Å². The normalized spacial score (nSPS) is 16.9. The summed E-state index contributed by atoms with van der Waals surface area (Å²) in [6, 6.07) is 11.7. The zero-order chi connectivity index (χ0) is 19.8. The average Bonchev–Trinajstić information content (AvgIpc) is 3.50. The summed E-state index contributed by atoms with van der Waals surface area (Å²) in [7, 11) is 0. The topological polar surface area (TPSA) is 75.4 Å². The van der Waals surface area contributed by atoms with Gasteiger partial charge in [0.15, 0.2) is 0 Å². The Kier molecular flexibility index (Phi) is 4.50. The summed E-state index contributed by atoms with van der Waals surface area (Å²) < 4.78 is 5.33. The fourth-order valence-corrected chi connectivity index (χ4v) is 3.68. The summed E-state index contributed by atoms with van der Waals surface area (Å²) >= 11 is 0. The maximum atomic E-state index is 12.8. The molecular weight excluding hydrogens is 366 g/mol. The highest BCUT2D eigenvalue weighted by Gasteiger charge is 2.30. The second-order valence-electron chi connectivity index (χ2n) is 7.73. The Labute approximate surface area is 169 Å². The highest BCUT2D eigenvalue weighted by Crippen LogP contribution is 2.39. The lowest BCUT2D eigenvalue weighted by molar-refractivity contribution is 0.0746.